The lowest BCUT2D eigenvalue weighted by molar-refractivity contribution is -0.115. The molecule has 0 fully saturated rings. The van der Waals surface area contributed by atoms with E-state index >= 15 is 0 Å². The van der Waals surface area contributed by atoms with Crippen molar-refractivity contribution in [1.29, 1.82) is 0 Å². The largest absolute Gasteiger partial charge is 0.343 e. The molecule has 0 bridgehead atoms. The van der Waals surface area contributed by atoms with Crippen molar-refractivity contribution in [1.82, 2.24) is 10.3 Å². The van der Waals surface area contributed by atoms with Crippen molar-refractivity contribution in [2.75, 3.05) is 11.9 Å². The number of carbonyl (C=O) groups is 2. The molecule has 144 valence electrons. The van der Waals surface area contributed by atoms with Crippen LogP contribution in [-0.4, -0.2) is 23.3 Å². The highest BCUT2D eigenvalue weighted by atomic mass is 32.1. The molecule has 3 rings (SSSR count). The summed E-state index contributed by atoms with van der Waals surface area (Å²) < 4.78 is 40.1. The molecule has 0 radical (unpaired) electrons. The van der Waals surface area contributed by atoms with Gasteiger partial charge in [0.25, 0.3) is 5.91 Å². The molecule has 3 aromatic rings. The predicted octanol–water partition coefficient (Wildman–Crippen LogP) is 3.90. The maximum absolute atomic E-state index is 13.6. The monoisotopic (exact) mass is 405 g/mol. The van der Waals surface area contributed by atoms with E-state index in [9.17, 15) is 22.8 Å². The van der Waals surface area contributed by atoms with Crippen LogP contribution in [0.1, 0.15) is 15.2 Å². The van der Waals surface area contributed by atoms with Crippen molar-refractivity contribution in [2.24, 2.45) is 0 Å². The van der Waals surface area contributed by atoms with Crippen molar-refractivity contribution in [3.05, 3.63) is 70.4 Å². The highest BCUT2D eigenvalue weighted by Crippen LogP contribution is 2.31. The van der Waals surface area contributed by atoms with Crippen LogP contribution in [0.2, 0.25) is 0 Å². The number of aryl methyl sites for hydroxylation is 1. The topological polar surface area (TPSA) is 71.1 Å². The van der Waals surface area contributed by atoms with E-state index in [0.29, 0.717) is 16.1 Å². The zero-order chi connectivity index (χ0) is 20.3. The molecular weight excluding hydrogens is 391 g/mol. The fourth-order valence-corrected chi connectivity index (χ4v) is 3.28. The van der Waals surface area contributed by atoms with Gasteiger partial charge in [0, 0.05) is 10.4 Å². The lowest BCUT2D eigenvalue weighted by Crippen LogP contribution is -2.33. The van der Waals surface area contributed by atoms with E-state index in [-0.39, 0.29) is 17.2 Å². The molecule has 0 atom stereocenters. The molecule has 2 aromatic carbocycles. The number of benzene rings is 2. The average Bonchev–Trinajstić information content (AvgIpc) is 3.02. The molecule has 0 saturated carbocycles. The summed E-state index contributed by atoms with van der Waals surface area (Å²) in [5.74, 6) is -3.92. The summed E-state index contributed by atoms with van der Waals surface area (Å²) in [4.78, 5) is 28.8. The van der Waals surface area contributed by atoms with E-state index in [1.165, 1.54) is 24.3 Å². The van der Waals surface area contributed by atoms with E-state index < -0.39 is 29.3 Å². The van der Waals surface area contributed by atoms with E-state index in [2.05, 4.69) is 15.6 Å². The number of amides is 2. The second kappa shape index (κ2) is 8.22. The van der Waals surface area contributed by atoms with Gasteiger partial charge < -0.3 is 10.6 Å². The summed E-state index contributed by atoms with van der Waals surface area (Å²) in [7, 11) is 0. The zero-order valence-corrected chi connectivity index (χ0v) is 15.4. The van der Waals surface area contributed by atoms with Gasteiger partial charge in [0.05, 0.1) is 17.8 Å². The van der Waals surface area contributed by atoms with Crippen LogP contribution in [0.15, 0.2) is 42.5 Å². The van der Waals surface area contributed by atoms with Gasteiger partial charge in [0.1, 0.15) is 5.82 Å². The Morgan fingerprint density at radius 2 is 1.79 bits per heavy atom. The smallest absolute Gasteiger partial charge is 0.254 e. The minimum Gasteiger partial charge on any atom is -0.343 e. The van der Waals surface area contributed by atoms with Crippen LogP contribution < -0.4 is 10.6 Å². The van der Waals surface area contributed by atoms with Crippen LogP contribution in [0.5, 0.6) is 0 Å². The van der Waals surface area contributed by atoms with Crippen molar-refractivity contribution in [3.63, 3.8) is 0 Å². The summed E-state index contributed by atoms with van der Waals surface area (Å²) >= 11 is 1.15. The Hall–Kier alpha value is -3.20. The fraction of sp³-hybridized carbons (Fsp3) is 0.105. The van der Waals surface area contributed by atoms with Crippen LogP contribution in [0.25, 0.3) is 11.3 Å². The number of rotatable bonds is 5. The molecule has 9 heteroatoms. The first-order valence-corrected chi connectivity index (χ1v) is 8.92. The van der Waals surface area contributed by atoms with Crippen LogP contribution in [0, 0.1) is 24.4 Å². The predicted molar refractivity (Wildman–Crippen MR) is 99.6 cm³/mol. The normalized spacial score (nSPS) is 10.6. The number of nitrogens with one attached hydrogen (secondary N) is 2. The molecule has 0 saturated heterocycles. The lowest BCUT2D eigenvalue weighted by atomic mass is 10.1. The Morgan fingerprint density at radius 1 is 1.04 bits per heavy atom. The molecule has 0 aliphatic heterocycles. The van der Waals surface area contributed by atoms with Gasteiger partial charge in [-0.05, 0) is 37.3 Å². The third kappa shape index (κ3) is 4.37. The Balaban J connectivity index is 1.64. The second-order valence-electron chi connectivity index (χ2n) is 5.76. The Kier molecular flexibility index (Phi) is 5.74. The van der Waals surface area contributed by atoms with Crippen molar-refractivity contribution < 1.29 is 22.8 Å². The lowest BCUT2D eigenvalue weighted by Gasteiger charge is -2.05. The molecule has 0 spiro atoms. The Labute approximate surface area is 162 Å². The molecular formula is C19H14F3N3O2S. The molecule has 0 aliphatic rings. The quantitative estimate of drug-likeness (QED) is 0.676. The van der Waals surface area contributed by atoms with Gasteiger partial charge in [0.15, 0.2) is 16.8 Å². The number of thiazole rings is 1. The number of hydrogen-bond acceptors (Lipinski definition) is 4. The van der Waals surface area contributed by atoms with Crippen LogP contribution >= 0.6 is 11.3 Å². The maximum atomic E-state index is 13.6. The number of carbonyl (C=O) groups excluding carboxylic acids is 2. The van der Waals surface area contributed by atoms with E-state index in [1.807, 2.05) is 0 Å². The average molecular weight is 405 g/mol. The first-order valence-electron chi connectivity index (χ1n) is 8.10. The summed E-state index contributed by atoms with van der Waals surface area (Å²) in [6.07, 6.45) is 0. The SMILES string of the molecule is Cc1sc(NC(=O)CNC(=O)c2ccccc2F)nc1-c1ccc(F)c(F)c1. The zero-order valence-electron chi connectivity index (χ0n) is 14.6. The number of hydrogen-bond donors (Lipinski definition) is 2. The van der Waals surface area contributed by atoms with Crippen molar-refractivity contribution >= 4 is 28.3 Å². The number of nitrogens with zero attached hydrogens (tertiary/aromatic N) is 1. The second-order valence-corrected chi connectivity index (χ2v) is 6.97. The fourth-order valence-electron chi connectivity index (χ4n) is 2.43. The standard InChI is InChI=1S/C19H14F3N3O2S/c1-10-17(11-6-7-14(21)15(22)8-11)25-19(28-10)24-16(26)9-23-18(27)12-4-2-3-5-13(12)20/h2-8H,9H2,1H3,(H,23,27)(H,24,25,26). The van der Waals surface area contributed by atoms with Gasteiger partial charge in [-0.15, -0.1) is 11.3 Å². The molecule has 28 heavy (non-hydrogen) atoms. The molecule has 5 nitrogen and oxygen atoms in total. The number of anilines is 1. The Morgan fingerprint density at radius 3 is 2.50 bits per heavy atom. The Bertz CT molecular complexity index is 1050. The van der Waals surface area contributed by atoms with Crippen LogP contribution in [0.3, 0.4) is 0 Å². The van der Waals surface area contributed by atoms with Crippen LogP contribution in [0.4, 0.5) is 18.3 Å². The van der Waals surface area contributed by atoms with Gasteiger partial charge >= 0.3 is 0 Å². The van der Waals surface area contributed by atoms with Crippen molar-refractivity contribution in [3.8, 4) is 11.3 Å². The summed E-state index contributed by atoms with van der Waals surface area (Å²) in [6, 6.07) is 8.83. The van der Waals surface area contributed by atoms with Gasteiger partial charge in [0.2, 0.25) is 5.91 Å². The van der Waals surface area contributed by atoms with Crippen LogP contribution in [-0.2, 0) is 4.79 Å². The summed E-state index contributed by atoms with van der Waals surface area (Å²) in [5.41, 5.74) is 0.622. The van der Waals surface area contributed by atoms with Crippen molar-refractivity contribution in [2.45, 2.75) is 6.92 Å². The van der Waals surface area contributed by atoms with E-state index in [4.69, 9.17) is 0 Å². The number of aromatic nitrogens is 1. The van der Waals surface area contributed by atoms with Gasteiger partial charge in [-0.2, -0.15) is 0 Å². The van der Waals surface area contributed by atoms with Gasteiger partial charge in [-0.3, -0.25) is 9.59 Å². The van der Waals surface area contributed by atoms with E-state index in [1.54, 1.807) is 6.92 Å². The molecule has 1 heterocycles. The third-order valence-electron chi connectivity index (χ3n) is 3.76. The molecule has 2 amide bonds. The maximum Gasteiger partial charge on any atom is 0.254 e. The number of halogens is 3. The van der Waals surface area contributed by atoms with Gasteiger partial charge in [-0.25, -0.2) is 18.2 Å². The first kappa shape index (κ1) is 19.6. The summed E-state index contributed by atoms with van der Waals surface area (Å²) in [5, 5.41) is 5.07. The molecule has 2 N–H and O–H groups in total. The van der Waals surface area contributed by atoms with E-state index in [0.717, 1.165) is 29.5 Å². The third-order valence-corrected chi connectivity index (χ3v) is 4.65. The molecule has 1 aromatic heterocycles. The minimum atomic E-state index is -0.994. The highest BCUT2D eigenvalue weighted by Gasteiger charge is 2.15. The summed E-state index contributed by atoms with van der Waals surface area (Å²) in [6.45, 7) is 1.34. The minimum absolute atomic E-state index is 0.166. The van der Waals surface area contributed by atoms with Gasteiger partial charge in [-0.1, -0.05) is 12.1 Å². The first-order chi connectivity index (χ1) is 13.3. The highest BCUT2D eigenvalue weighted by molar-refractivity contribution is 7.16. The molecule has 0 aliphatic carbocycles. The molecule has 0 unspecified atom stereocenters.